The van der Waals surface area contributed by atoms with E-state index >= 15 is 0 Å². The molecule has 6 heteroatoms. The van der Waals surface area contributed by atoms with Crippen LogP contribution in [-0.2, 0) is 4.79 Å². The normalized spacial score (nSPS) is 12.3. The molecule has 0 spiro atoms. The van der Waals surface area contributed by atoms with Crippen LogP contribution in [0.2, 0.25) is 5.02 Å². The molecule has 3 rings (SSSR count). The molecule has 28 heavy (non-hydrogen) atoms. The molecule has 0 aliphatic heterocycles. The van der Waals surface area contributed by atoms with Gasteiger partial charge in [0.2, 0.25) is 0 Å². The lowest BCUT2D eigenvalue weighted by Gasteiger charge is -2.10. The van der Waals surface area contributed by atoms with Crippen LogP contribution in [0.5, 0.6) is 0 Å². The molecule has 1 heterocycles. The van der Waals surface area contributed by atoms with Gasteiger partial charge in [-0.15, -0.1) is 11.8 Å². The molecule has 0 radical (unpaired) electrons. The van der Waals surface area contributed by atoms with Gasteiger partial charge in [0.1, 0.15) is 0 Å². The van der Waals surface area contributed by atoms with Crippen molar-refractivity contribution in [2.24, 2.45) is 5.10 Å². The fourth-order valence-electron chi connectivity index (χ4n) is 2.92. The molecule has 0 saturated carbocycles. The second-order valence-electron chi connectivity index (χ2n) is 6.45. The Bertz CT molecular complexity index is 981. The number of benzene rings is 2. The number of nitrogens with zero attached hydrogens (tertiary/aromatic N) is 2. The molecular formula is C22H22ClN3OS. The van der Waals surface area contributed by atoms with Crippen molar-refractivity contribution in [3.63, 3.8) is 0 Å². The van der Waals surface area contributed by atoms with E-state index in [2.05, 4.69) is 15.1 Å². The second-order valence-corrected chi connectivity index (χ2v) is 8.30. The number of nitrogens with one attached hydrogen (secondary N) is 1. The van der Waals surface area contributed by atoms with Gasteiger partial charge < -0.3 is 4.57 Å². The number of rotatable bonds is 6. The number of amides is 1. The Morgan fingerprint density at radius 2 is 1.82 bits per heavy atom. The van der Waals surface area contributed by atoms with Crippen molar-refractivity contribution in [3.8, 4) is 5.69 Å². The van der Waals surface area contributed by atoms with Gasteiger partial charge in [-0.1, -0.05) is 29.8 Å². The number of hydrogen-bond donors (Lipinski definition) is 1. The average Bonchev–Trinajstić information content (AvgIpc) is 2.97. The molecule has 3 aromatic rings. The second kappa shape index (κ2) is 9.13. The lowest BCUT2D eigenvalue weighted by atomic mass is 10.2. The first-order valence-corrected chi connectivity index (χ1v) is 10.2. The van der Waals surface area contributed by atoms with Gasteiger partial charge in [0, 0.05) is 32.6 Å². The Balaban J connectivity index is 1.67. The minimum Gasteiger partial charge on any atom is -0.318 e. The third-order valence-corrected chi connectivity index (χ3v) is 5.72. The summed E-state index contributed by atoms with van der Waals surface area (Å²) in [6.45, 7) is 5.93. The molecule has 0 fully saturated rings. The first-order valence-electron chi connectivity index (χ1n) is 8.95. The van der Waals surface area contributed by atoms with E-state index in [1.165, 1.54) is 11.8 Å². The summed E-state index contributed by atoms with van der Waals surface area (Å²) in [5.74, 6) is -0.128. The van der Waals surface area contributed by atoms with E-state index in [-0.39, 0.29) is 11.2 Å². The van der Waals surface area contributed by atoms with Crippen LogP contribution in [0.1, 0.15) is 23.9 Å². The van der Waals surface area contributed by atoms with E-state index < -0.39 is 0 Å². The zero-order valence-electron chi connectivity index (χ0n) is 16.0. The predicted molar refractivity (Wildman–Crippen MR) is 118 cm³/mol. The maximum Gasteiger partial charge on any atom is 0.253 e. The van der Waals surface area contributed by atoms with Gasteiger partial charge >= 0.3 is 0 Å². The molecule has 1 amide bonds. The number of aromatic nitrogens is 1. The molecule has 1 aromatic heterocycles. The summed E-state index contributed by atoms with van der Waals surface area (Å²) in [6, 6.07) is 19.6. The van der Waals surface area contributed by atoms with Crippen LogP contribution in [-0.4, -0.2) is 21.9 Å². The van der Waals surface area contributed by atoms with Gasteiger partial charge in [-0.2, -0.15) is 5.10 Å². The van der Waals surface area contributed by atoms with E-state index in [4.69, 9.17) is 11.6 Å². The predicted octanol–water partition coefficient (Wildman–Crippen LogP) is 5.38. The van der Waals surface area contributed by atoms with Crippen molar-refractivity contribution >= 4 is 35.5 Å². The summed E-state index contributed by atoms with van der Waals surface area (Å²) < 4.78 is 2.13. The molecule has 0 bridgehead atoms. The third kappa shape index (κ3) is 4.86. The monoisotopic (exact) mass is 411 g/mol. The number of carbonyl (C=O) groups excluding carboxylic acids is 1. The zero-order chi connectivity index (χ0) is 20.1. The SMILES string of the molecule is Cc1cc(/C=N\NC(=O)[C@H](C)Sc2ccccc2)c(C)n1-c1ccc(Cl)cc1. The van der Waals surface area contributed by atoms with E-state index in [1.54, 1.807) is 6.21 Å². The van der Waals surface area contributed by atoms with Crippen LogP contribution in [0.3, 0.4) is 0 Å². The molecular weight excluding hydrogens is 390 g/mol. The van der Waals surface area contributed by atoms with Crippen LogP contribution in [0.15, 0.2) is 70.7 Å². The Kier molecular flexibility index (Phi) is 6.60. The summed E-state index contributed by atoms with van der Waals surface area (Å²) >= 11 is 7.49. The summed E-state index contributed by atoms with van der Waals surface area (Å²) in [4.78, 5) is 13.3. The van der Waals surface area contributed by atoms with E-state index in [9.17, 15) is 4.79 Å². The summed E-state index contributed by atoms with van der Waals surface area (Å²) in [7, 11) is 0. The van der Waals surface area contributed by atoms with Gasteiger partial charge in [0.15, 0.2) is 0 Å². The van der Waals surface area contributed by atoms with Crippen LogP contribution < -0.4 is 5.43 Å². The van der Waals surface area contributed by atoms with Crippen LogP contribution >= 0.6 is 23.4 Å². The maximum atomic E-state index is 12.3. The largest absolute Gasteiger partial charge is 0.318 e. The number of aryl methyl sites for hydroxylation is 1. The Morgan fingerprint density at radius 3 is 2.50 bits per heavy atom. The molecule has 4 nitrogen and oxygen atoms in total. The van der Waals surface area contributed by atoms with Crippen LogP contribution in [0.25, 0.3) is 5.69 Å². The number of halogens is 1. The van der Waals surface area contributed by atoms with Crippen molar-refractivity contribution in [1.29, 1.82) is 0 Å². The third-order valence-electron chi connectivity index (χ3n) is 4.36. The Morgan fingerprint density at radius 1 is 1.14 bits per heavy atom. The quantitative estimate of drug-likeness (QED) is 0.336. The molecule has 0 unspecified atom stereocenters. The minimum absolute atomic E-state index is 0.128. The van der Waals surface area contributed by atoms with E-state index in [1.807, 2.05) is 81.4 Å². The molecule has 144 valence electrons. The van der Waals surface area contributed by atoms with Crippen molar-refractivity contribution in [1.82, 2.24) is 9.99 Å². The standard InChI is InChI=1S/C22H22ClN3OS/c1-15-13-18(16(2)26(15)20-11-9-19(23)10-12-20)14-24-25-22(27)17(3)28-21-7-5-4-6-8-21/h4-14,17H,1-3H3,(H,25,27)/b24-14-/t17-/m0/s1. The molecule has 0 aliphatic carbocycles. The lowest BCUT2D eigenvalue weighted by Crippen LogP contribution is -2.26. The Hall–Kier alpha value is -2.50. The molecule has 2 aromatic carbocycles. The summed E-state index contributed by atoms with van der Waals surface area (Å²) in [5.41, 5.74) is 6.76. The Labute approximate surface area is 174 Å². The maximum absolute atomic E-state index is 12.3. The summed E-state index contributed by atoms with van der Waals surface area (Å²) in [5, 5.41) is 4.63. The summed E-state index contributed by atoms with van der Waals surface area (Å²) in [6.07, 6.45) is 1.69. The molecule has 0 saturated heterocycles. The smallest absolute Gasteiger partial charge is 0.253 e. The molecule has 0 aliphatic rings. The number of carbonyl (C=O) groups is 1. The van der Waals surface area contributed by atoms with Crippen molar-refractivity contribution in [3.05, 3.63) is 82.6 Å². The van der Waals surface area contributed by atoms with Crippen molar-refractivity contribution in [2.45, 2.75) is 30.9 Å². The first kappa shape index (κ1) is 20.2. The highest BCUT2D eigenvalue weighted by atomic mass is 35.5. The number of hydrogen-bond acceptors (Lipinski definition) is 3. The average molecular weight is 412 g/mol. The highest BCUT2D eigenvalue weighted by molar-refractivity contribution is 8.00. The van der Waals surface area contributed by atoms with Crippen LogP contribution in [0.4, 0.5) is 0 Å². The van der Waals surface area contributed by atoms with E-state index in [0.717, 1.165) is 27.5 Å². The minimum atomic E-state index is -0.235. The zero-order valence-corrected chi connectivity index (χ0v) is 17.6. The molecule has 1 N–H and O–H groups in total. The lowest BCUT2D eigenvalue weighted by molar-refractivity contribution is -0.120. The molecule has 1 atom stereocenters. The fourth-order valence-corrected chi connectivity index (χ4v) is 3.93. The van der Waals surface area contributed by atoms with Crippen molar-refractivity contribution < 1.29 is 4.79 Å². The first-order chi connectivity index (χ1) is 13.5. The van der Waals surface area contributed by atoms with Gasteiger partial charge in [-0.05, 0) is 63.2 Å². The van der Waals surface area contributed by atoms with Gasteiger partial charge in [-0.25, -0.2) is 5.43 Å². The highest BCUT2D eigenvalue weighted by Crippen LogP contribution is 2.23. The highest BCUT2D eigenvalue weighted by Gasteiger charge is 2.14. The van der Waals surface area contributed by atoms with Gasteiger partial charge in [0.25, 0.3) is 5.91 Å². The number of thioether (sulfide) groups is 1. The van der Waals surface area contributed by atoms with Gasteiger partial charge in [-0.3, -0.25) is 4.79 Å². The van der Waals surface area contributed by atoms with E-state index in [0.29, 0.717) is 5.02 Å². The topological polar surface area (TPSA) is 46.4 Å². The fraction of sp³-hybridized carbons (Fsp3) is 0.182. The van der Waals surface area contributed by atoms with Crippen LogP contribution in [0, 0.1) is 13.8 Å². The van der Waals surface area contributed by atoms with Crippen molar-refractivity contribution in [2.75, 3.05) is 0 Å². The number of hydrazone groups is 1. The van der Waals surface area contributed by atoms with Gasteiger partial charge in [0.05, 0.1) is 11.5 Å².